The Kier molecular flexibility index (Phi) is 7.87. The highest BCUT2D eigenvalue weighted by Crippen LogP contribution is 2.24. The molecule has 10 heteroatoms. The van der Waals surface area contributed by atoms with Crippen LogP contribution in [0.5, 0.6) is 0 Å². The number of para-hydroxylation sites is 1. The number of imide groups is 1. The molecule has 168 valence electrons. The average Bonchev–Trinajstić information content (AvgIpc) is 2.74. The Balaban J connectivity index is 1.84. The lowest BCUT2D eigenvalue weighted by Crippen LogP contribution is -2.41. The van der Waals surface area contributed by atoms with Gasteiger partial charge in [-0.25, -0.2) is 14.2 Å². The predicted octanol–water partition coefficient (Wildman–Crippen LogP) is 4.14. The Hall–Kier alpha value is -2.91. The van der Waals surface area contributed by atoms with Crippen LogP contribution in [0.3, 0.4) is 0 Å². The standard InChI is InChI=1S/C22H22ClFN4O3S/c1-13(2)9-10-25-21(31)27-19(29)12-32-22-26-18-6-4-3-5-15(18)20(30)28(22)14-7-8-17(24)16(23)11-14/h3-8,11,13H,9-10,12H2,1-2H3,(H2,25,27,29,31). The first-order chi connectivity index (χ1) is 15.3. The number of nitrogens with zero attached hydrogens (tertiary/aromatic N) is 2. The maximum absolute atomic E-state index is 13.6. The van der Waals surface area contributed by atoms with Gasteiger partial charge in [0.2, 0.25) is 5.91 Å². The lowest BCUT2D eigenvalue weighted by atomic mass is 10.1. The van der Waals surface area contributed by atoms with Crippen LogP contribution >= 0.6 is 23.4 Å². The summed E-state index contributed by atoms with van der Waals surface area (Å²) in [6.45, 7) is 4.53. The highest BCUT2D eigenvalue weighted by Gasteiger charge is 2.16. The summed E-state index contributed by atoms with van der Waals surface area (Å²) in [5.41, 5.74) is 0.387. The Morgan fingerprint density at radius 2 is 1.97 bits per heavy atom. The number of carbonyl (C=O) groups is 2. The smallest absolute Gasteiger partial charge is 0.321 e. The number of hydrogen-bond donors (Lipinski definition) is 2. The van der Waals surface area contributed by atoms with Gasteiger partial charge in [0.1, 0.15) is 5.82 Å². The molecule has 0 aliphatic heterocycles. The minimum atomic E-state index is -0.616. The van der Waals surface area contributed by atoms with Gasteiger partial charge in [0.15, 0.2) is 5.16 Å². The molecule has 2 aromatic carbocycles. The van der Waals surface area contributed by atoms with Crippen LogP contribution in [-0.4, -0.2) is 33.8 Å². The number of rotatable bonds is 7. The van der Waals surface area contributed by atoms with Gasteiger partial charge in [-0.15, -0.1) is 0 Å². The zero-order chi connectivity index (χ0) is 23.3. The van der Waals surface area contributed by atoms with Crippen molar-refractivity contribution < 1.29 is 14.0 Å². The highest BCUT2D eigenvalue weighted by atomic mass is 35.5. The molecule has 0 aliphatic carbocycles. The van der Waals surface area contributed by atoms with E-state index in [0.717, 1.165) is 24.2 Å². The number of urea groups is 1. The molecule has 3 rings (SSSR count). The van der Waals surface area contributed by atoms with Gasteiger partial charge in [-0.2, -0.15) is 0 Å². The van der Waals surface area contributed by atoms with Gasteiger partial charge in [-0.3, -0.25) is 19.5 Å². The van der Waals surface area contributed by atoms with E-state index in [0.29, 0.717) is 29.1 Å². The molecule has 2 N–H and O–H groups in total. The molecule has 0 saturated heterocycles. The quantitative estimate of drug-likeness (QED) is 0.395. The van der Waals surface area contributed by atoms with E-state index in [1.807, 2.05) is 13.8 Å². The van der Waals surface area contributed by atoms with Crippen LogP contribution in [0, 0.1) is 11.7 Å². The summed E-state index contributed by atoms with van der Waals surface area (Å²) in [6, 6.07) is 10.1. The lowest BCUT2D eigenvalue weighted by Gasteiger charge is -2.14. The largest absolute Gasteiger partial charge is 0.338 e. The molecule has 0 radical (unpaired) electrons. The number of nitrogens with one attached hydrogen (secondary N) is 2. The number of amides is 3. The van der Waals surface area contributed by atoms with Gasteiger partial charge in [0.05, 0.1) is 27.4 Å². The molecule has 0 aliphatic rings. The SMILES string of the molecule is CC(C)CCNC(=O)NC(=O)CSc1nc2ccccc2c(=O)n1-c1ccc(F)c(Cl)c1. The van der Waals surface area contributed by atoms with Crippen molar-refractivity contribution in [3.05, 3.63) is 63.7 Å². The van der Waals surface area contributed by atoms with Gasteiger partial charge < -0.3 is 5.32 Å². The molecule has 0 atom stereocenters. The summed E-state index contributed by atoms with van der Waals surface area (Å²) >= 11 is 6.89. The van der Waals surface area contributed by atoms with E-state index in [4.69, 9.17) is 11.6 Å². The third-order valence-electron chi connectivity index (χ3n) is 4.50. The number of benzene rings is 2. The Bertz CT molecular complexity index is 1220. The van der Waals surface area contributed by atoms with E-state index >= 15 is 0 Å². The first-order valence-electron chi connectivity index (χ1n) is 9.94. The zero-order valence-electron chi connectivity index (χ0n) is 17.5. The summed E-state index contributed by atoms with van der Waals surface area (Å²) in [7, 11) is 0. The molecular weight excluding hydrogens is 455 g/mol. The maximum Gasteiger partial charge on any atom is 0.321 e. The number of thioether (sulfide) groups is 1. The molecule has 1 aromatic heterocycles. The zero-order valence-corrected chi connectivity index (χ0v) is 19.1. The van der Waals surface area contributed by atoms with Crippen molar-refractivity contribution in [3.8, 4) is 5.69 Å². The lowest BCUT2D eigenvalue weighted by molar-refractivity contribution is -0.117. The molecule has 0 saturated carbocycles. The number of aromatic nitrogens is 2. The molecule has 0 spiro atoms. The van der Waals surface area contributed by atoms with Crippen molar-refractivity contribution in [2.75, 3.05) is 12.3 Å². The summed E-state index contributed by atoms with van der Waals surface area (Å²) in [4.78, 5) is 41.7. The fraction of sp³-hybridized carbons (Fsp3) is 0.273. The Labute approximate surface area is 193 Å². The Morgan fingerprint density at radius 3 is 2.69 bits per heavy atom. The minimum Gasteiger partial charge on any atom is -0.338 e. The van der Waals surface area contributed by atoms with Crippen molar-refractivity contribution >= 4 is 46.2 Å². The molecule has 0 bridgehead atoms. The first kappa shape index (κ1) is 23.7. The second-order valence-corrected chi connectivity index (χ2v) is 8.78. The van der Waals surface area contributed by atoms with Crippen molar-refractivity contribution in [2.24, 2.45) is 5.92 Å². The second kappa shape index (κ2) is 10.6. The molecule has 32 heavy (non-hydrogen) atoms. The van der Waals surface area contributed by atoms with Crippen LogP contribution < -0.4 is 16.2 Å². The number of hydrogen-bond acceptors (Lipinski definition) is 5. The summed E-state index contributed by atoms with van der Waals surface area (Å²) in [5.74, 6) is -0.883. The second-order valence-electron chi connectivity index (χ2n) is 7.43. The number of fused-ring (bicyclic) bond motifs is 1. The summed E-state index contributed by atoms with van der Waals surface area (Å²) in [5, 5.41) is 5.32. The molecule has 3 aromatic rings. The van der Waals surface area contributed by atoms with Gasteiger partial charge in [-0.05, 0) is 42.7 Å². The topological polar surface area (TPSA) is 93.1 Å². The summed E-state index contributed by atoms with van der Waals surface area (Å²) < 4.78 is 14.9. The van der Waals surface area contributed by atoms with E-state index in [9.17, 15) is 18.8 Å². The van der Waals surface area contributed by atoms with E-state index in [1.54, 1.807) is 24.3 Å². The van der Waals surface area contributed by atoms with E-state index in [2.05, 4.69) is 15.6 Å². The van der Waals surface area contributed by atoms with E-state index < -0.39 is 17.8 Å². The van der Waals surface area contributed by atoms with Crippen LogP contribution in [0.1, 0.15) is 20.3 Å². The van der Waals surface area contributed by atoms with Crippen LogP contribution in [0.2, 0.25) is 5.02 Å². The van der Waals surface area contributed by atoms with Crippen LogP contribution in [0.4, 0.5) is 9.18 Å². The van der Waals surface area contributed by atoms with Gasteiger partial charge >= 0.3 is 6.03 Å². The summed E-state index contributed by atoms with van der Waals surface area (Å²) in [6.07, 6.45) is 0.796. The van der Waals surface area contributed by atoms with Crippen LogP contribution in [-0.2, 0) is 4.79 Å². The molecule has 0 unspecified atom stereocenters. The van der Waals surface area contributed by atoms with Crippen molar-refractivity contribution in [3.63, 3.8) is 0 Å². The highest BCUT2D eigenvalue weighted by molar-refractivity contribution is 7.99. The molecule has 1 heterocycles. The monoisotopic (exact) mass is 476 g/mol. The van der Waals surface area contributed by atoms with Crippen LogP contribution in [0.25, 0.3) is 16.6 Å². The maximum atomic E-state index is 13.6. The predicted molar refractivity (Wildman–Crippen MR) is 124 cm³/mol. The Morgan fingerprint density at radius 1 is 1.22 bits per heavy atom. The fourth-order valence-corrected chi connectivity index (χ4v) is 3.86. The fourth-order valence-electron chi connectivity index (χ4n) is 2.87. The first-order valence-corrected chi connectivity index (χ1v) is 11.3. The normalized spacial score (nSPS) is 11.0. The molecule has 3 amide bonds. The molecule has 0 fully saturated rings. The average molecular weight is 477 g/mol. The third-order valence-corrected chi connectivity index (χ3v) is 5.73. The van der Waals surface area contributed by atoms with Gasteiger partial charge in [-0.1, -0.05) is 49.3 Å². The van der Waals surface area contributed by atoms with Crippen molar-refractivity contribution in [2.45, 2.75) is 25.4 Å². The van der Waals surface area contributed by atoms with Crippen molar-refractivity contribution in [1.29, 1.82) is 0 Å². The van der Waals surface area contributed by atoms with E-state index in [1.165, 1.54) is 16.7 Å². The van der Waals surface area contributed by atoms with Crippen LogP contribution in [0.15, 0.2) is 52.4 Å². The molecule has 7 nitrogen and oxygen atoms in total. The number of carbonyl (C=O) groups excluding carboxylic acids is 2. The molecular formula is C22H22ClFN4O3S. The van der Waals surface area contributed by atoms with Crippen molar-refractivity contribution in [1.82, 2.24) is 20.2 Å². The van der Waals surface area contributed by atoms with Gasteiger partial charge in [0, 0.05) is 6.54 Å². The van der Waals surface area contributed by atoms with E-state index in [-0.39, 0.29) is 21.5 Å². The third kappa shape index (κ3) is 5.86. The minimum absolute atomic E-state index is 0.144. The van der Waals surface area contributed by atoms with Gasteiger partial charge in [0.25, 0.3) is 5.56 Å². The number of halogens is 2.